The number of rotatable bonds is 6. The van der Waals surface area contributed by atoms with Gasteiger partial charge in [-0.05, 0) is 17.7 Å². The molecular formula is C14H20O4. The van der Waals surface area contributed by atoms with Gasteiger partial charge < -0.3 is 14.6 Å². The van der Waals surface area contributed by atoms with Crippen molar-refractivity contribution in [2.45, 2.75) is 19.8 Å². The number of aliphatic hydroxyl groups is 1. The predicted molar refractivity (Wildman–Crippen MR) is 68.6 cm³/mol. The lowest BCUT2D eigenvalue weighted by atomic mass is 10.0. The van der Waals surface area contributed by atoms with Crippen LogP contribution in [0.4, 0.5) is 0 Å². The average molecular weight is 252 g/mol. The van der Waals surface area contributed by atoms with Crippen LogP contribution in [0, 0.1) is 5.92 Å². The van der Waals surface area contributed by atoms with E-state index in [1.807, 2.05) is 24.3 Å². The fourth-order valence-electron chi connectivity index (χ4n) is 1.48. The zero-order valence-electron chi connectivity index (χ0n) is 11.1. The number of hydrogen-bond donors (Lipinski definition) is 1. The molecule has 1 rings (SSSR count). The van der Waals surface area contributed by atoms with E-state index in [-0.39, 0.29) is 31.0 Å². The van der Waals surface area contributed by atoms with Crippen molar-refractivity contribution >= 4 is 5.97 Å². The number of methoxy groups -OCH3 is 1. The molecule has 100 valence electrons. The number of carbonyl (C=O) groups is 1. The number of aliphatic hydroxyl groups excluding tert-OH is 1. The van der Waals surface area contributed by atoms with E-state index >= 15 is 0 Å². The van der Waals surface area contributed by atoms with Crippen molar-refractivity contribution in [1.29, 1.82) is 0 Å². The summed E-state index contributed by atoms with van der Waals surface area (Å²) < 4.78 is 10.2. The highest BCUT2D eigenvalue weighted by Crippen LogP contribution is 2.19. The van der Waals surface area contributed by atoms with Crippen molar-refractivity contribution in [2.75, 3.05) is 20.3 Å². The molecule has 0 amide bonds. The third kappa shape index (κ3) is 4.04. The molecule has 0 aliphatic carbocycles. The number of benzene rings is 1. The van der Waals surface area contributed by atoms with Crippen LogP contribution < -0.4 is 4.74 Å². The maximum absolute atomic E-state index is 11.4. The third-order valence-corrected chi connectivity index (χ3v) is 2.71. The van der Waals surface area contributed by atoms with E-state index in [9.17, 15) is 9.90 Å². The van der Waals surface area contributed by atoms with E-state index in [4.69, 9.17) is 9.47 Å². The molecule has 4 nitrogen and oxygen atoms in total. The van der Waals surface area contributed by atoms with Gasteiger partial charge in [0, 0.05) is 5.92 Å². The highest BCUT2D eigenvalue weighted by Gasteiger charge is 2.15. The summed E-state index contributed by atoms with van der Waals surface area (Å²) in [5.41, 5.74) is 0.926. The zero-order chi connectivity index (χ0) is 13.5. The molecule has 0 bridgehead atoms. The minimum atomic E-state index is -0.248. The number of esters is 1. The molecule has 0 fully saturated rings. The number of hydrogen-bond acceptors (Lipinski definition) is 4. The maximum Gasteiger partial charge on any atom is 0.308 e. The van der Waals surface area contributed by atoms with Crippen LogP contribution in [-0.2, 0) is 9.53 Å². The van der Waals surface area contributed by atoms with Crippen molar-refractivity contribution in [3.63, 3.8) is 0 Å². The second-order valence-corrected chi connectivity index (χ2v) is 4.44. The summed E-state index contributed by atoms with van der Waals surface area (Å²) >= 11 is 0. The van der Waals surface area contributed by atoms with E-state index in [2.05, 4.69) is 0 Å². The van der Waals surface area contributed by atoms with Gasteiger partial charge in [0.05, 0.1) is 19.6 Å². The predicted octanol–water partition coefficient (Wildman–Crippen LogP) is 1.97. The molecule has 0 aliphatic rings. The molecule has 0 saturated heterocycles. The summed E-state index contributed by atoms with van der Waals surface area (Å²) in [7, 11) is 1.60. The molecular weight excluding hydrogens is 232 g/mol. The quantitative estimate of drug-likeness (QED) is 0.786. The van der Waals surface area contributed by atoms with Crippen molar-refractivity contribution < 1.29 is 19.4 Å². The van der Waals surface area contributed by atoms with E-state index in [1.54, 1.807) is 21.0 Å². The van der Waals surface area contributed by atoms with E-state index in [0.717, 1.165) is 11.3 Å². The largest absolute Gasteiger partial charge is 0.497 e. The Kier molecular flexibility index (Phi) is 5.65. The highest BCUT2D eigenvalue weighted by atomic mass is 16.5. The Morgan fingerprint density at radius 3 is 2.33 bits per heavy atom. The van der Waals surface area contributed by atoms with Crippen LogP contribution >= 0.6 is 0 Å². The summed E-state index contributed by atoms with van der Waals surface area (Å²) in [6.07, 6.45) is 0. The summed E-state index contributed by atoms with van der Waals surface area (Å²) in [5.74, 6) is 0.162. The van der Waals surface area contributed by atoms with Crippen LogP contribution in [0.3, 0.4) is 0 Å². The van der Waals surface area contributed by atoms with Gasteiger partial charge in [0.1, 0.15) is 12.4 Å². The summed E-state index contributed by atoms with van der Waals surface area (Å²) in [6, 6.07) is 7.37. The molecule has 0 spiro atoms. The fourth-order valence-corrected chi connectivity index (χ4v) is 1.48. The molecule has 0 saturated carbocycles. The molecule has 4 heteroatoms. The second kappa shape index (κ2) is 7.01. The lowest BCUT2D eigenvalue weighted by Crippen LogP contribution is -2.18. The Balaban J connectivity index is 2.62. The Morgan fingerprint density at radius 1 is 1.28 bits per heavy atom. The van der Waals surface area contributed by atoms with E-state index in [1.165, 1.54) is 0 Å². The standard InChI is InChI=1S/C14H20O4/c1-10(2)14(16)18-9-12(8-15)11-4-6-13(17-3)7-5-11/h4-7,10,12,15H,8-9H2,1-3H3/t12-/m0/s1. The number of carbonyl (C=O) groups excluding carboxylic acids is 1. The summed E-state index contributed by atoms with van der Waals surface area (Å²) in [5, 5.41) is 9.33. The normalized spacial score (nSPS) is 12.3. The third-order valence-electron chi connectivity index (χ3n) is 2.71. The summed E-state index contributed by atoms with van der Waals surface area (Å²) in [4.78, 5) is 11.4. The monoisotopic (exact) mass is 252 g/mol. The fraction of sp³-hybridized carbons (Fsp3) is 0.500. The molecule has 18 heavy (non-hydrogen) atoms. The lowest BCUT2D eigenvalue weighted by molar-refractivity contribution is -0.148. The van der Waals surface area contributed by atoms with Crippen LogP contribution in [0.15, 0.2) is 24.3 Å². The van der Waals surface area contributed by atoms with Gasteiger partial charge in [-0.3, -0.25) is 4.79 Å². The molecule has 1 atom stereocenters. The molecule has 0 heterocycles. The van der Waals surface area contributed by atoms with Gasteiger partial charge in [0.25, 0.3) is 0 Å². The molecule has 0 aliphatic heterocycles. The van der Waals surface area contributed by atoms with Crippen LogP contribution in [0.2, 0.25) is 0 Å². The Bertz CT molecular complexity index is 370. The molecule has 0 radical (unpaired) electrons. The lowest BCUT2D eigenvalue weighted by Gasteiger charge is -2.16. The smallest absolute Gasteiger partial charge is 0.308 e. The van der Waals surface area contributed by atoms with Gasteiger partial charge in [0.2, 0.25) is 0 Å². The molecule has 0 aromatic heterocycles. The van der Waals surface area contributed by atoms with Crippen LogP contribution in [-0.4, -0.2) is 31.4 Å². The Morgan fingerprint density at radius 2 is 1.89 bits per heavy atom. The van der Waals surface area contributed by atoms with Crippen molar-refractivity contribution in [3.8, 4) is 5.75 Å². The Labute approximate surface area is 108 Å². The van der Waals surface area contributed by atoms with E-state index < -0.39 is 0 Å². The molecule has 1 N–H and O–H groups in total. The molecule has 0 unspecified atom stereocenters. The summed E-state index contributed by atoms with van der Waals surface area (Å²) in [6.45, 7) is 3.70. The first kappa shape index (κ1) is 14.5. The van der Waals surface area contributed by atoms with Crippen molar-refractivity contribution in [1.82, 2.24) is 0 Å². The molecule has 1 aromatic carbocycles. The topological polar surface area (TPSA) is 55.8 Å². The van der Waals surface area contributed by atoms with Crippen molar-refractivity contribution in [3.05, 3.63) is 29.8 Å². The van der Waals surface area contributed by atoms with Gasteiger partial charge >= 0.3 is 5.97 Å². The van der Waals surface area contributed by atoms with Crippen LogP contribution in [0.25, 0.3) is 0 Å². The van der Waals surface area contributed by atoms with Crippen LogP contribution in [0.5, 0.6) is 5.75 Å². The first-order valence-electron chi connectivity index (χ1n) is 6.00. The minimum Gasteiger partial charge on any atom is -0.497 e. The SMILES string of the molecule is COc1ccc([C@@H](CO)COC(=O)C(C)C)cc1. The van der Waals surface area contributed by atoms with Gasteiger partial charge in [-0.2, -0.15) is 0 Å². The first-order valence-corrected chi connectivity index (χ1v) is 6.00. The highest BCUT2D eigenvalue weighted by molar-refractivity contribution is 5.71. The van der Waals surface area contributed by atoms with Gasteiger partial charge in [-0.25, -0.2) is 0 Å². The second-order valence-electron chi connectivity index (χ2n) is 4.44. The maximum atomic E-state index is 11.4. The van der Waals surface area contributed by atoms with Crippen molar-refractivity contribution in [2.24, 2.45) is 5.92 Å². The molecule has 1 aromatic rings. The van der Waals surface area contributed by atoms with Gasteiger partial charge in [-0.15, -0.1) is 0 Å². The first-order chi connectivity index (χ1) is 8.58. The van der Waals surface area contributed by atoms with E-state index in [0.29, 0.717) is 0 Å². The Hall–Kier alpha value is -1.55. The average Bonchev–Trinajstić information content (AvgIpc) is 2.39. The van der Waals surface area contributed by atoms with Gasteiger partial charge in [-0.1, -0.05) is 26.0 Å². The minimum absolute atomic E-state index is 0.0578. The number of ether oxygens (including phenoxy) is 2. The zero-order valence-corrected chi connectivity index (χ0v) is 11.1. The van der Waals surface area contributed by atoms with Crippen LogP contribution in [0.1, 0.15) is 25.3 Å². The van der Waals surface area contributed by atoms with Gasteiger partial charge in [0.15, 0.2) is 0 Å².